The molecular formula is C29H29F3N6O5. The minimum Gasteiger partial charge on any atom is -0.554 e. The number of carbonyl (C=O) groups excluding carboxylic acids is 2. The molecule has 0 aliphatic carbocycles. The first-order valence-corrected chi connectivity index (χ1v) is 13.2. The number of allylic oxidation sites excluding steroid dienone is 1. The van der Waals surface area contributed by atoms with Gasteiger partial charge in [0.05, 0.1) is 50.0 Å². The van der Waals surface area contributed by atoms with Gasteiger partial charge in [-0.2, -0.15) is 18.4 Å². The minimum absolute atomic E-state index is 0.0244. The molecule has 3 aromatic rings. The Kier molecular flexibility index (Phi) is 8.77. The van der Waals surface area contributed by atoms with Gasteiger partial charge in [0.25, 0.3) is 0 Å². The number of nitrogens with zero attached hydrogens (tertiary/aromatic N) is 5. The number of aromatic amines is 1. The lowest BCUT2D eigenvalue weighted by molar-refractivity contribution is -0.910. The number of benzene rings is 2. The summed E-state index contributed by atoms with van der Waals surface area (Å²) in [5, 5.41) is 24.4. The van der Waals surface area contributed by atoms with Gasteiger partial charge in [-0.15, -0.1) is 5.10 Å². The molecule has 0 amide bonds. The predicted octanol–water partition coefficient (Wildman–Crippen LogP) is 2.76. The van der Waals surface area contributed by atoms with E-state index in [-0.39, 0.29) is 22.9 Å². The molecule has 1 aromatic heterocycles. The van der Waals surface area contributed by atoms with E-state index < -0.39 is 35.9 Å². The molecule has 11 nitrogen and oxygen atoms in total. The van der Waals surface area contributed by atoms with Crippen molar-refractivity contribution >= 4 is 24.1 Å². The average Bonchev–Trinajstić information content (AvgIpc) is 3.57. The quantitative estimate of drug-likeness (QED) is 0.268. The molecular weight excluding hydrogens is 569 g/mol. The van der Waals surface area contributed by atoms with Crippen molar-refractivity contribution < 1.29 is 37.1 Å². The Hall–Kier alpha value is -4.90. The van der Waals surface area contributed by atoms with Gasteiger partial charge in [0.1, 0.15) is 12.6 Å². The number of methoxy groups -OCH3 is 1. The van der Waals surface area contributed by atoms with Crippen molar-refractivity contribution in [3.8, 4) is 6.07 Å². The van der Waals surface area contributed by atoms with Crippen molar-refractivity contribution in [2.24, 2.45) is 0 Å². The second kappa shape index (κ2) is 12.1. The number of nitrogens with one attached hydrogen (secondary N) is 1. The summed E-state index contributed by atoms with van der Waals surface area (Å²) in [6, 6.07) is 10.9. The smallest absolute Gasteiger partial charge is 0.416 e. The zero-order valence-corrected chi connectivity index (χ0v) is 23.6. The number of esters is 1. The second-order valence-corrected chi connectivity index (χ2v) is 10.5. The standard InChI is InChI=1S/C28H27F3N6O3.CH2O2/c1-17-23(25(38)40-3)24(22-10-9-18(15-32)13-19(22)16-37(2)11-4-5-12-37)36-26(33-34-27(36)39)35(17)21-8-6-7-20(14-21)28(29,30)31;2-1-3/h6-10,13-14,24H,4-5,11-12,16H2,1-3H3;1H,(H,2,3). The third-order valence-electron chi connectivity index (χ3n) is 7.74. The molecule has 5 rings (SSSR count). The number of anilines is 2. The number of alkyl halides is 3. The first-order valence-electron chi connectivity index (χ1n) is 13.2. The average molecular weight is 599 g/mol. The summed E-state index contributed by atoms with van der Waals surface area (Å²) in [7, 11) is 3.34. The molecule has 0 saturated carbocycles. The number of hydrogen-bond donors (Lipinski definition) is 1. The van der Waals surface area contributed by atoms with E-state index in [1.807, 2.05) is 0 Å². The van der Waals surface area contributed by atoms with Crippen molar-refractivity contribution in [2.45, 2.75) is 38.5 Å². The Balaban J connectivity index is 0.00000135. The van der Waals surface area contributed by atoms with E-state index >= 15 is 0 Å². The lowest BCUT2D eigenvalue weighted by atomic mass is 9.89. The molecule has 0 radical (unpaired) electrons. The van der Waals surface area contributed by atoms with Crippen LogP contribution in [-0.2, 0) is 27.0 Å². The number of aromatic nitrogens is 3. The molecule has 2 aliphatic rings. The van der Waals surface area contributed by atoms with Crippen LogP contribution >= 0.6 is 0 Å². The van der Waals surface area contributed by atoms with Crippen LogP contribution in [0.3, 0.4) is 0 Å². The number of likely N-dealkylation sites (tertiary alicyclic amines) is 1. The molecule has 1 atom stereocenters. The van der Waals surface area contributed by atoms with Crippen LogP contribution in [0.2, 0.25) is 0 Å². The number of quaternary nitrogens is 1. The third-order valence-corrected chi connectivity index (χ3v) is 7.74. The second-order valence-electron chi connectivity index (χ2n) is 10.5. The van der Waals surface area contributed by atoms with Crippen molar-refractivity contribution in [1.29, 1.82) is 5.26 Å². The van der Waals surface area contributed by atoms with E-state index in [4.69, 9.17) is 14.6 Å². The first-order chi connectivity index (χ1) is 20.4. The van der Waals surface area contributed by atoms with Crippen molar-refractivity contribution in [2.75, 3.05) is 32.1 Å². The van der Waals surface area contributed by atoms with E-state index in [9.17, 15) is 28.0 Å². The van der Waals surface area contributed by atoms with Crippen LogP contribution in [0.15, 0.2) is 58.5 Å². The Bertz CT molecular complexity index is 1660. The van der Waals surface area contributed by atoms with E-state index in [1.165, 1.54) is 28.7 Å². The van der Waals surface area contributed by atoms with Gasteiger partial charge < -0.3 is 19.1 Å². The molecule has 1 unspecified atom stereocenters. The fourth-order valence-electron chi connectivity index (χ4n) is 5.83. The van der Waals surface area contributed by atoms with Crippen LogP contribution in [0.1, 0.15) is 48.1 Å². The lowest BCUT2D eigenvalue weighted by Gasteiger charge is -2.37. The van der Waals surface area contributed by atoms with Crippen LogP contribution in [0.5, 0.6) is 0 Å². The third kappa shape index (κ3) is 6.02. The molecule has 1 saturated heterocycles. The minimum atomic E-state index is -4.60. The number of halogens is 3. The highest BCUT2D eigenvalue weighted by molar-refractivity contribution is 5.93. The fraction of sp³-hybridized carbons (Fsp3) is 0.345. The Morgan fingerprint density at radius 2 is 1.93 bits per heavy atom. The summed E-state index contributed by atoms with van der Waals surface area (Å²) in [5.74, 6) is -0.716. The van der Waals surface area contributed by atoms with Gasteiger partial charge in [-0.1, -0.05) is 12.1 Å². The molecule has 0 spiro atoms. The van der Waals surface area contributed by atoms with Crippen molar-refractivity contribution in [3.05, 3.63) is 86.5 Å². The molecule has 14 heteroatoms. The highest BCUT2D eigenvalue weighted by atomic mass is 19.4. The zero-order valence-electron chi connectivity index (χ0n) is 23.6. The van der Waals surface area contributed by atoms with E-state index in [0.29, 0.717) is 17.7 Å². The number of carboxylic acid groups (broad SMARTS) is 1. The summed E-state index contributed by atoms with van der Waals surface area (Å²) in [6.45, 7) is 3.54. The van der Waals surface area contributed by atoms with Crippen molar-refractivity contribution in [3.63, 3.8) is 0 Å². The number of rotatable bonds is 5. The maximum Gasteiger partial charge on any atom is 0.416 e. The van der Waals surface area contributed by atoms with Crippen LogP contribution in [-0.4, -0.2) is 58.9 Å². The predicted molar refractivity (Wildman–Crippen MR) is 145 cm³/mol. The summed E-state index contributed by atoms with van der Waals surface area (Å²) < 4.78 is 47.8. The van der Waals surface area contributed by atoms with Gasteiger partial charge in [-0.25, -0.2) is 19.3 Å². The highest BCUT2D eigenvalue weighted by Gasteiger charge is 2.42. The van der Waals surface area contributed by atoms with E-state index in [2.05, 4.69) is 23.3 Å². The summed E-state index contributed by atoms with van der Waals surface area (Å²) in [5.41, 5.74) is 0.704. The molecule has 1 N–H and O–H groups in total. The molecule has 226 valence electrons. The normalized spacial score (nSPS) is 17.4. The van der Waals surface area contributed by atoms with Crippen LogP contribution in [0.25, 0.3) is 0 Å². The van der Waals surface area contributed by atoms with Crippen LogP contribution in [0.4, 0.5) is 24.8 Å². The molecule has 2 aliphatic heterocycles. The summed E-state index contributed by atoms with van der Waals surface area (Å²) in [6.07, 6.45) is -2.47. The van der Waals surface area contributed by atoms with E-state index in [1.54, 1.807) is 25.1 Å². The van der Waals surface area contributed by atoms with Crippen LogP contribution in [0, 0.1) is 11.3 Å². The zero-order chi connectivity index (χ0) is 31.5. The summed E-state index contributed by atoms with van der Waals surface area (Å²) >= 11 is 0. The van der Waals surface area contributed by atoms with Gasteiger partial charge in [0.2, 0.25) is 5.95 Å². The largest absolute Gasteiger partial charge is 0.554 e. The number of hydrogen-bond acceptors (Lipinski definition) is 8. The van der Waals surface area contributed by atoms with Gasteiger partial charge in [-0.05, 0) is 42.8 Å². The van der Waals surface area contributed by atoms with E-state index in [0.717, 1.165) is 48.1 Å². The molecule has 0 bridgehead atoms. The molecule has 3 heterocycles. The number of nitriles is 1. The Morgan fingerprint density at radius 1 is 1.26 bits per heavy atom. The summed E-state index contributed by atoms with van der Waals surface area (Å²) in [4.78, 5) is 36.2. The highest BCUT2D eigenvalue weighted by Crippen LogP contribution is 2.44. The topological polar surface area (TPSA) is 144 Å². The Morgan fingerprint density at radius 3 is 2.53 bits per heavy atom. The monoisotopic (exact) mass is 598 g/mol. The molecule has 2 aromatic carbocycles. The van der Waals surface area contributed by atoms with Gasteiger partial charge in [-0.3, -0.25) is 4.90 Å². The molecule has 1 fully saturated rings. The number of H-pyrrole nitrogens is 1. The van der Waals surface area contributed by atoms with Crippen LogP contribution < -0.4 is 15.7 Å². The number of carbonyl (C=O) groups is 2. The number of ether oxygens (including phenoxy) is 1. The van der Waals surface area contributed by atoms with Gasteiger partial charge in [0.15, 0.2) is 0 Å². The van der Waals surface area contributed by atoms with Gasteiger partial charge >= 0.3 is 17.8 Å². The van der Waals surface area contributed by atoms with Crippen molar-refractivity contribution in [1.82, 2.24) is 14.8 Å². The maximum absolute atomic E-state index is 13.6. The van der Waals surface area contributed by atoms with Gasteiger partial charge in [0, 0.05) is 36.3 Å². The maximum atomic E-state index is 13.6. The Labute approximate surface area is 244 Å². The first kappa shape index (κ1) is 31.0. The lowest BCUT2D eigenvalue weighted by Crippen LogP contribution is -2.41. The molecule has 43 heavy (non-hydrogen) atoms. The SMILES string of the molecule is COC(=O)C1=C(C)N(c2cccc(C(F)(F)F)c2)c2n[nH]c(=O)n2C1c1ccc(C#N)cc1C[N+]1(C)CCCC1.O=C[O-]. The fourth-order valence-corrected chi connectivity index (χ4v) is 5.83. The number of fused-ring (bicyclic) bond motifs is 1.